The first-order chi connectivity index (χ1) is 22.7. The van der Waals surface area contributed by atoms with Crippen molar-refractivity contribution in [2.24, 2.45) is 5.92 Å². The first-order valence-electron chi connectivity index (χ1n) is 16.3. The molecule has 0 heterocycles. The summed E-state index contributed by atoms with van der Waals surface area (Å²) in [6, 6.07) is 16.1. The van der Waals surface area contributed by atoms with Gasteiger partial charge in [-0.3, -0.25) is 19.2 Å². The maximum Gasteiger partial charge on any atom is 0.431 e. The molecular weight excluding hydrogens is 620 g/mol. The molecule has 0 fully saturated rings. The summed E-state index contributed by atoms with van der Waals surface area (Å²) in [5.74, 6) is -2.22. The van der Waals surface area contributed by atoms with Gasteiger partial charge in [-0.15, -0.1) is 0 Å². The number of nitrogens with one attached hydrogen (secondary N) is 2. The van der Waals surface area contributed by atoms with E-state index in [4.69, 9.17) is 28.5 Å². The summed E-state index contributed by atoms with van der Waals surface area (Å²) >= 11 is 0. The molecule has 2 aromatic carbocycles. The second kappa shape index (κ2) is 18.5. The molecule has 0 saturated carbocycles. The summed E-state index contributed by atoms with van der Waals surface area (Å²) in [5, 5.41) is 2.79. The van der Waals surface area contributed by atoms with Gasteiger partial charge in [-0.25, -0.2) is 4.79 Å². The summed E-state index contributed by atoms with van der Waals surface area (Å²) < 4.78 is 27.1. The Morgan fingerprint density at radius 1 is 0.729 bits per heavy atom. The summed E-state index contributed by atoms with van der Waals surface area (Å²) in [5.41, 5.74) is 5.34. The van der Waals surface area contributed by atoms with Crippen molar-refractivity contribution in [2.45, 2.75) is 77.9 Å². The number of amides is 2. The van der Waals surface area contributed by atoms with Crippen molar-refractivity contribution >= 4 is 23.9 Å². The molecule has 264 valence electrons. The Bertz CT molecular complexity index is 1320. The van der Waals surface area contributed by atoms with Crippen LogP contribution in [-0.2, 0) is 42.9 Å². The second-order valence-electron chi connectivity index (χ2n) is 13.4. The van der Waals surface area contributed by atoms with Gasteiger partial charge in [0.15, 0.2) is 0 Å². The van der Waals surface area contributed by atoms with Crippen LogP contribution in [0.4, 0.5) is 4.79 Å². The lowest BCUT2D eigenvalue weighted by atomic mass is 9.97. The number of hydrogen-bond donors (Lipinski definition) is 2. The number of carbonyl (C=O) groups is 4. The lowest BCUT2D eigenvalue weighted by Gasteiger charge is -2.21. The second-order valence-corrected chi connectivity index (χ2v) is 13.4. The number of carbonyl (C=O) groups excluding carboxylic acids is 4. The Kier molecular flexibility index (Phi) is 14.8. The Labute approximate surface area is 283 Å². The lowest BCUT2D eigenvalue weighted by molar-refractivity contribution is -0.156. The van der Waals surface area contributed by atoms with Gasteiger partial charge >= 0.3 is 18.0 Å². The molecule has 48 heavy (non-hydrogen) atoms. The average Bonchev–Trinajstić information content (AvgIpc) is 3.32. The zero-order chi connectivity index (χ0) is 35.2. The van der Waals surface area contributed by atoms with Crippen LogP contribution < -0.4 is 10.8 Å². The molecule has 0 saturated heterocycles. The highest BCUT2D eigenvalue weighted by molar-refractivity contribution is 5.84. The van der Waals surface area contributed by atoms with Gasteiger partial charge in [0, 0.05) is 24.8 Å². The van der Waals surface area contributed by atoms with Crippen molar-refractivity contribution in [3.05, 3.63) is 59.7 Å². The zero-order valence-electron chi connectivity index (χ0n) is 28.9. The highest BCUT2D eigenvalue weighted by atomic mass is 16.7. The molecule has 0 unspecified atom stereocenters. The maximum absolute atomic E-state index is 13.1. The lowest BCUT2D eigenvalue weighted by Crippen LogP contribution is -2.35. The Morgan fingerprint density at radius 3 is 1.90 bits per heavy atom. The van der Waals surface area contributed by atoms with E-state index in [0.29, 0.717) is 0 Å². The largest absolute Gasteiger partial charge is 0.465 e. The van der Waals surface area contributed by atoms with Crippen LogP contribution in [0.3, 0.4) is 0 Å². The number of ether oxygens (including phenoxy) is 5. The highest BCUT2D eigenvalue weighted by Crippen LogP contribution is 2.44. The normalized spacial score (nSPS) is 13.2. The molecule has 2 amide bonds. The Morgan fingerprint density at radius 2 is 1.29 bits per heavy atom. The van der Waals surface area contributed by atoms with Crippen molar-refractivity contribution in [2.75, 3.05) is 46.2 Å². The van der Waals surface area contributed by atoms with Gasteiger partial charge < -0.3 is 29.0 Å². The van der Waals surface area contributed by atoms with Gasteiger partial charge in [0.2, 0.25) is 5.91 Å². The van der Waals surface area contributed by atoms with Gasteiger partial charge in [0.25, 0.3) is 0 Å². The molecule has 3 rings (SSSR count). The molecular formula is C36H50N2O10. The summed E-state index contributed by atoms with van der Waals surface area (Å²) in [4.78, 5) is 55.1. The van der Waals surface area contributed by atoms with Gasteiger partial charge in [0.1, 0.15) is 17.8 Å². The van der Waals surface area contributed by atoms with Crippen LogP contribution in [0, 0.1) is 5.92 Å². The molecule has 12 nitrogen and oxygen atoms in total. The highest BCUT2D eigenvalue weighted by Gasteiger charge is 2.30. The number of hydroxylamine groups is 1. The fraction of sp³-hybridized carbons (Fsp3) is 0.556. The van der Waals surface area contributed by atoms with Crippen LogP contribution in [0.2, 0.25) is 0 Å². The summed E-state index contributed by atoms with van der Waals surface area (Å²) in [7, 11) is 0. The third-order valence-corrected chi connectivity index (χ3v) is 7.08. The number of hydrogen-bond acceptors (Lipinski definition) is 10. The Balaban J connectivity index is 1.41. The first kappa shape index (κ1) is 38.4. The van der Waals surface area contributed by atoms with E-state index in [1.54, 1.807) is 41.5 Å². The number of esters is 2. The first-order valence-corrected chi connectivity index (χ1v) is 16.3. The van der Waals surface area contributed by atoms with E-state index in [2.05, 4.69) is 22.9 Å². The van der Waals surface area contributed by atoms with Crippen molar-refractivity contribution in [1.29, 1.82) is 0 Å². The van der Waals surface area contributed by atoms with Crippen LogP contribution >= 0.6 is 0 Å². The van der Waals surface area contributed by atoms with Gasteiger partial charge in [-0.1, -0.05) is 48.5 Å². The minimum absolute atomic E-state index is 0.0170. The van der Waals surface area contributed by atoms with E-state index < -0.39 is 35.2 Å². The van der Waals surface area contributed by atoms with Crippen molar-refractivity contribution < 1.29 is 47.7 Å². The molecule has 1 atom stereocenters. The molecule has 1 aliphatic carbocycles. The molecule has 0 aromatic heterocycles. The molecule has 0 bridgehead atoms. The number of rotatable bonds is 18. The third-order valence-electron chi connectivity index (χ3n) is 7.08. The van der Waals surface area contributed by atoms with E-state index in [-0.39, 0.29) is 77.3 Å². The van der Waals surface area contributed by atoms with Gasteiger partial charge in [-0.05, 0) is 70.2 Å². The molecule has 0 spiro atoms. The molecule has 2 aromatic rings. The van der Waals surface area contributed by atoms with E-state index in [1.165, 1.54) is 0 Å². The van der Waals surface area contributed by atoms with Crippen LogP contribution in [0.15, 0.2) is 48.5 Å². The average molecular weight is 671 g/mol. The quantitative estimate of drug-likeness (QED) is 0.0953. The SMILES string of the molecule is CC(C)(C)OC(=O)CC[C@@H](CC(=O)OCC1c2ccccc2-c2ccccc21)C(=O)NCCOCCOCCONC(=O)OC(C)(C)C. The van der Waals surface area contributed by atoms with Crippen molar-refractivity contribution in [1.82, 2.24) is 10.8 Å². The predicted octanol–water partition coefficient (Wildman–Crippen LogP) is 5.08. The van der Waals surface area contributed by atoms with Crippen LogP contribution in [0.25, 0.3) is 11.1 Å². The van der Waals surface area contributed by atoms with Crippen molar-refractivity contribution in [3.63, 3.8) is 0 Å². The smallest absolute Gasteiger partial charge is 0.431 e. The molecule has 1 aliphatic rings. The minimum atomic E-state index is -0.786. The minimum Gasteiger partial charge on any atom is -0.465 e. The third kappa shape index (κ3) is 13.6. The standard InChI is InChI=1S/C36H50N2O10/c1-35(2,3)47-31(39)16-15-25(33(41)37-17-18-43-19-20-44-21-22-46-38-34(42)48-36(4,5)6)23-32(40)45-24-30-28-13-9-7-11-26(28)27-12-8-10-14-29(27)30/h7-14,25,30H,15-24H2,1-6H3,(H,37,41)(H,38,42)/t25-/m0/s1. The fourth-order valence-electron chi connectivity index (χ4n) is 5.11. The number of benzene rings is 2. The van der Waals surface area contributed by atoms with Gasteiger partial charge in [0.05, 0.1) is 39.5 Å². The monoisotopic (exact) mass is 670 g/mol. The van der Waals surface area contributed by atoms with Crippen molar-refractivity contribution in [3.8, 4) is 11.1 Å². The molecule has 0 aliphatic heterocycles. The molecule has 0 radical (unpaired) electrons. The van der Waals surface area contributed by atoms with Crippen LogP contribution in [-0.4, -0.2) is 81.3 Å². The van der Waals surface area contributed by atoms with Crippen LogP contribution in [0.1, 0.15) is 77.8 Å². The van der Waals surface area contributed by atoms with Gasteiger partial charge in [-0.2, -0.15) is 5.48 Å². The fourth-order valence-corrected chi connectivity index (χ4v) is 5.11. The predicted molar refractivity (Wildman–Crippen MR) is 178 cm³/mol. The topological polar surface area (TPSA) is 148 Å². The van der Waals surface area contributed by atoms with E-state index in [0.717, 1.165) is 22.3 Å². The molecule has 2 N–H and O–H groups in total. The van der Waals surface area contributed by atoms with E-state index in [9.17, 15) is 19.2 Å². The number of fused-ring (bicyclic) bond motifs is 3. The summed E-state index contributed by atoms with van der Waals surface area (Å²) in [6.45, 7) is 12.0. The zero-order valence-corrected chi connectivity index (χ0v) is 28.9. The maximum atomic E-state index is 13.1. The van der Waals surface area contributed by atoms with E-state index >= 15 is 0 Å². The Hall–Kier alpha value is -4.00. The van der Waals surface area contributed by atoms with E-state index in [1.807, 2.05) is 36.4 Å². The molecule has 12 heteroatoms. The summed E-state index contributed by atoms with van der Waals surface area (Å²) in [6.07, 6.45) is -0.746. The van der Waals surface area contributed by atoms with Crippen LogP contribution in [0.5, 0.6) is 0 Å².